The van der Waals surface area contributed by atoms with Crippen molar-refractivity contribution in [1.82, 2.24) is 10.3 Å². The van der Waals surface area contributed by atoms with Crippen LogP contribution in [0.5, 0.6) is 0 Å². The maximum absolute atomic E-state index is 4.34. The molecule has 0 aliphatic heterocycles. The van der Waals surface area contributed by atoms with Crippen LogP contribution in [0.2, 0.25) is 0 Å². The van der Waals surface area contributed by atoms with Crippen LogP contribution in [-0.4, -0.2) is 11.5 Å². The molecule has 0 spiro atoms. The molecule has 0 aromatic carbocycles. The van der Waals surface area contributed by atoms with Gasteiger partial charge in [0.05, 0.1) is 5.01 Å². The van der Waals surface area contributed by atoms with E-state index in [9.17, 15) is 0 Å². The van der Waals surface area contributed by atoms with Gasteiger partial charge in [-0.2, -0.15) is 0 Å². The lowest BCUT2D eigenvalue weighted by Gasteiger charge is -2.33. The van der Waals surface area contributed by atoms with Crippen LogP contribution in [-0.2, 0) is 0 Å². The van der Waals surface area contributed by atoms with Crippen molar-refractivity contribution in [3.8, 4) is 0 Å². The zero-order chi connectivity index (χ0) is 9.97. The molecule has 1 atom stereocenters. The Morgan fingerprint density at radius 1 is 1.64 bits per heavy atom. The first-order valence-electron chi connectivity index (χ1n) is 5.47. The normalized spacial score (nSPS) is 19.3. The van der Waals surface area contributed by atoms with Gasteiger partial charge in [-0.05, 0) is 32.2 Å². The molecule has 3 heteroatoms. The molecule has 1 aromatic rings. The predicted octanol–water partition coefficient (Wildman–Crippen LogP) is 2.90. The molecule has 1 aliphatic rings. The molecule has 1 aliphatic carbocycles. The van der Waals surface area contributed by atoms with Gasteiger partial charge in [0.2, 0.25) is 0 Å². The van der Waals surface area contributed by atoms with E-state index in [-0.39, 0.29) is 0 Å². The third kappa shape index (κ3) is 1.98. The summed E-state index contributed by atoms with van der Waals surface area (Å²) in [6.07, 6.45) is 6.22. The second kappa shape index (κ2) is 4.41. The Morgan fingerprint density at radius 3 is 2.86 bits per heavy atom. The van der Waals surface area contributed by atoms with Crippen LogP contribution in [0.4, 0.5) is 0 Å². The van der Waals surface area contributed by atoms with Crippen LogP contribution in [0.3, 0.4) is 0 Å². The van der Waals surface area contributed by atoms with E-state index >= 15 is 0 Å². The zero-order valence-corrected chi connectivity index (χ0v) is 9.73. The summed E-state index contributed by atoms with van der Waals surface area (Å²) in [4.78, 5) is 5.76. The highest BCUT2D eigenvalue weighted by Gasteiger charge is 2.28. The number of aryl methyl sites for hydroxylation is 1. The number of rotatable bonds is 4. The lowest BCUT2D eigenvalue weighted by Crippen LogP contribution is -2.31. The molecule has 0 radical (unpaired) electrons. The number of hydrogen-bond donors (Lipinski definition) is 1. The second-order valence-corrected chi connectivity index (χ2v) is 5.27. The van der Waals surface area contributed by atoms with Gasteiger partial charge in [-0.25, -0.2) is 4.98 Å². The van der Waals surface area contributed by atoms with Gasteiger partial charge in [-0.3, -0.25) is 0 Å². The number of hydrogen-bond acceptors (Lipinski definition) is 3. The molecule has 2 nitrogen and oxygen atoms in total. The zero-order valence-electron chi connectivity index (χ0n) is 8.92. The topological polar surface area (TPSA) is 24.9 Å². The second-order valence-electron chi connectivity index (χ2n) is 4.01. The Bertz CT molecular complexity index is 291. The number of aromatic nitrogens is 1. The van der Waals surface area contributed by atoms with E-state index < -0.39 is 0 Å². The van der Waals surface area contributed by atoms with Gasteiger partial charge in [0.25, 0.3) is 0 Å². The first kappa shape index (κ1) is 10.1. The molecule has 2 rings (SSSR count). The summed E-state index contributed by atoms with van der Waals surface area (Å²) in [6.45, 7) is 5.32. The number of nitrogens with zero attached hydrogens (tertiary/aromatic N) is 1. The summed E-state index contributed by atoms with van der Waals surface area (Å²) >= 11 is 1.84. The Labute approximate surface area is 89.8 Å². The summed E-state index contributed by atoms with van der Waals surface area (Å²) < 4.78 is 0. The summed E-state index contributed by atoms with van der Waals surface area (Å²) in [7, 11) is 0. The van der Waals surface area contributed by atoms with Crippen LogP contribution in [0.1, 0.15) is 42.1 Å². The first-order valence-corrected chi connectivity index (χ1v) is 6.28. The average molecular weight is 210 g/mol. The van der Waals surface area contributed by atoms with Gasteiger partial charge in [0.15, 0.2) is 0 Å². The van der Waals surface area contributed by atoms with Crippen molar-refractivity contribution < 1.29 is 0 Å². The van der Waals surface area contributed by atoms with Crippen LogP contribution < -0.4 is 5.32 Å². The van der Waals surface area contributed by atoms with Gasteiger partial charge in [0, 0.05) is 17.1 Å². The van der Waals surface area contributed by atoms with Crippen molar-refractivity contribution >= 4 is 11.3 Å². The lowest BCUT2D eigenvalue weighted by atomic mass is 9.79. The highest BCUT2D eigenvalue weighted by molar-refractivity contribution is 7.11. The molecule has 1 heterocycles. The smallest absolute Gasteiger partial charge is 0.0897 e. The predicted molar refractivity (Wildman–Crippen MR) is 60.6 cm³/mol. The van der Waals surface area contributed by atoms with E-state index in [2.05, 4.69) is 24.1 Å². The molecular weight excluding hydrogens is 192 g/mol. The SMILES string of the molecule is CCNC(c1cnc(C)s1)C1CCC1. The summed E-state index contributed by atoms with van der Waals surface area (Å²) in [5, 5.41) is 4.77. The number of thiazole rings is 1. The summed E-state index contributed by atoms with van der Waals surface area (Å²) in [6, 6.07) is 0.569. The fraction of sp³-hybridized carbons (Fsp3) is 0.727. The maximum atomic E-state index is 4.34. The van der Waals surface area contributed by atoms with Crippen LogP contribution in [0, 0.1) is 12.8 Å². The Morgan fingerprint density at radius 2 is 2.43 bits per heavy atom. The lowest BCUT2D eigenvalue weighted by molar-refractivity contribution is 0.235. The molecule has 0 bridgehead atoms. The van der Waals surface area contributed by atoms with E-state index in [4.69, 9.17) is 0 Å². The van der Waals surface area contributed by atoms with E-state index in [0.29, 0.717) is 6.04 Å². The van der Waals surface area contributed by atoms with Crippen molar-refractivity contribution in [2.24, 2.45) is 5.92 Å². The summed E-state index contributed by atoms with van der Waals surface area (Å²) in [5.74, 6) is 0.856. The van der Waals surface area contributed by atoms with E-state index in [0.717, 1.165) is 12.5 Å². The van der Waals surface area contributed by atoms with Crippen LogP contribution >= 0.6 is 11.3 Å². The fourth-order valence-electron chi connectivity index (χ4n) is 2.01. The molecule has 0 amide bonds. The van der Waals surface area contributed by atoms with Crippen molar-refractivity contribution in [3.05, 3.63) is 16.1 Å². The van der Waals surface area contributed by atoms with Crippen LogP contribution in [0.15, 0.2) is 6.20 Å². The average Bonchev–Trinajstić information content (AvgIpc) is 2.48. The molecule has 14 heavy (non-hydrogen) atoms. The monoisotopic (exact) mass is 210 g/mol. The minimum Gasteiger partial charge on any atom is -0.309 e. The van der Waals surface area contributed by atoms with E-state index in [1.165, 1.54) is 29.1 Å². The highest BCUT2D eigenvalue weighted by Crippen LogP contribution is 2.39. The third-order valence-electron chi connectivity index (χ3n) is 2.99. The third-order valence-corrected chi connectivity index (χ3v) is 3.99. The van der Waals surface area contributed by atoms with E-state index in [1.807, 2.05) is 17.5 Å². The standard InChI is InChI=1S/C11H18N2S/c1-3-12-11(9-5-4-6-9)10-7-13-8(2)14-10/h7,9,11-12H,3-6H2,1-2H3. The van der Waals surface area contributed by atoms with Crippen molar-refractivity contribution in [1.29, 1.82) is 0 Å². The Hall–Kier alpha value is -0.410. The maximum Gasteiger partial charge on any atom is 0.0897 e. The number of nitrogens with one attached hydrogen (secondary N) is 1. The molecule has 1 N–H and O–H groups in total. The van der Waals surface area contributed by atoms with Crippen molar-refractivity contribution in [2.75, 3.05) is 6.54 Å². The van der Waals surface area contributed by atoms with Gasteiger partial charge in [0.1, 0.15) is 0 Å². The van der Waals surface area contributed by atoms with Gasteiger partial charge >= 0.3 is 0 Å². The quantitative estimate of drug-likeness (QED) is 0.826. The molecule has 78 valence electrons. The van der Waals surface area contributed by atoms with Crippen molar-refractivity contribution in [3.63, 3.8) is 0 Å². The van der Waals surface area contributed by atoms with Gasteiger partial charge in [-0.15, -0.1) is 11.3 Å². The minimum absolute atomic E-state index is 0.569. The van der Waals surface area contributed by atoms with E-state index in [1.54, 1.807) is 0 Å². The first-order chi connectivity index (χ1) is 6.81. The largest absolute Gasteiger partial charge is 0.309 e. The fourth-order valence-corrected chi connectivity index (χ4v) is 2.97. The molecule has 1 unspecified atom stereocenters. The molecule has 0 saturated heterocycles. The Balaban J connectivity index is 2.09. The molecule has 1 aromatic heterocycles. The molecular formula is C11H18N2S. The van der Waals surface area contributed by atoms with Gasteiger partial charge in [-0.1, -0.05) is 13.3 Å². The molecule has 1 saturated carbocycles. The van der Waals surface area contributed by atoms with Gasteiger partial charge < -0.3 is 5.32 Å². The summed E-state index contributed by atoms with van der Waals surface area (Å²) in [5.41, 5.74) is 0. The molecule has 1 fully saturated rings. The highest BCUT2D eigenvalue weighted by atomic mass is 32.1. The Kier molecular flexibility index (Phi) is 3.19. The minimum atomic E-state index is 0.569. The van der Waals surface area contributed by atoms with Crippen molar-refractivity contribution in [2.45, 2.75) is 39.2 Å². The van der Waals surface area contributed by atoms with Crippen LogP contribution in [0.25, 0.3) is 0 Å².